The second-order valence-corrected chi connectivity index (χ2v) is 8.49. The summed E-state index contributed by atoms with van der Waals surface area (Å²) in [5.41, 5.74) is -0.232. The molecular formula is C25H27F3N6O6. The van der Waals surface area contributed by atoms with Crippen LogP contribution in [0.5, 0.6) is 0 Å². The Balaban J connectivity index is 0.000000559. The van der Waals surface area contributed by atoms with E-state index in [2.05, 4.69) is 22.1 Å². The SMILES string of the molecule is CC#CCn1c(N2CCNCC2)nc2c1c(=O)n(C)c(=O)n2C(C(=O)OC)c1ccccc1.O=C(O)C(F)(F)F. The van der Waals surface area contributed by atoms with Crippen LogP contribution < -0.4 is 21.5 Å². The van der Waals surface area contributed by atoms with Gasteiger partial charge in [0, 0.05) is 33.2 Å². The summed E-state index contributed by atoms with van der Waals surface area (Å²) in [6.07, 6.45) is -5.08. The fourth-order valence-electron chi connectivity index (χ4n) is 4.09. The number of aliphatic carboxylic acids is 1. The van der Waals surface area contributed by atoms with Crippen molar-refractivity contribution in [3.05, 3.63) is 56.7 Å². The van der Waals surface area contributed by atoms with Gasteiger partial charge in [0.25, 0.3) is 5.56 Å². The number of halogens is 3. The highest BCUT2D eigenvalue weighted by molar-refractivity contribution is 5.82. The number of rotatable bonds is 5. The monoisotopic (exact) mass is 564 g/mol. The zero-order valence-corrected chi connectivity index (χ0v) is 21.9. The number of benzene rings is 1. The minimum absolute atomic E-state index is 0.133. The van der Waals surface area contributed by atoms with Crippen molar-refractivity contribution in [2.24, 2.45) is 7.05 Å². The van der Waals surface area contributed by atoms with E-state index in [9.17, 15) is 27.6 Å². The highest BCUT2D eigenvalue weighted by Gasteiger charge is 2.38. The largest absolute Gasteiger partial charge is 0.490 e. The molecule has 1 saturated heterocycles. The number of ether oxygens (including phenoxy) is 1. The van der Waals surface area contributed by atoms with E-state index in [-0.39, 0.29) is 17.7 Å². The molecule has 0 saturated carbocycles. The number of imidazole rings is 1. The molecule has 1 aromatic carbocycles. The molecule has 2 aromatic heterocycles. The van der Waals surface area contributed by atoms with Crippen LogP contribution in [0.15, 0.2) is 39.9 Å². The average molecular weight is 565 g/mol. The summed E-state index contributed by atoms with van der Waals surface area (Å²) in [4.78, 5) is 55.3. The molecule has 3 aromatic rings. The number of hydrogen-bond acceptors (Lipinski definition) is 8. The lowest BCUT2D eigenvalue weighted by atomic mass is 10.1. The van der Waals surface area contributed by atoms with E-state index in [0.717, 1.165) is 17.7 Å². The molecule has 4 rings (SSSR count). The number of nitrogens with one attached hydrogen (secondary N) is 1. The Hall–Kier alpha value is -4.58. The molecule has 0 bridgehead atoms. The molecule has 214 valence electrons. The number of aromatic nitrogens is 4. The molecule has 1 fully saturated rings. The van der Waals surface area contributed by atoms with Crippen molar-refractivity contribution in [2.45, 2.75) is 25.7 Å². The van der Waals surface area contributed by atoms with Gasteiger partial charge in [-0.15, -0.1) is 5.92 Å². The Morgan fingerprint density at radius 1 is 1.18 bits per heavy atom. The van der Waals surface area contributed by atoms with Gasteiger partial charge in [0.15, 0.2) is 17.2 Å². The zero-order valence-electron chi connectivity index (χ0n) is 21.9. The lowest BCUT2D eigenvalue weighted by Crippen LogP contribution is -2.44. The Morgan fingerprint density at radius 3 is 2.30 bits per heavy atom. The third kappa shape index (κ3) is 6.18. The van der Waals surface area contributed by atoms with Gasteiger partial charge in [-0.2, -0.15) is 18.2 Å². The van der Waals surface area contributed by atoms with Crippen molar-refractivity contribution in [3.8, 4) is 11.8 Å². The van der Waals surface area contributed by atoms with Crippen molar-refractivity contribution >= 4 is 29.1 Å². The molecule has 1 atom stereocenters. The van der Waals surface area contributed by atoms with Gasteiger partial charge >= 0.3 is 23.8 Å². The maximum absolute atomic E-state index is 13.4. The molecule has 12 nitrogen and oxygen atoms in total. The number of esters is 1. The van der Waals surface area contributed by atoms with Crippen molar-refractivity contribution in [1.82, 2.24) is 24.0 Å². The topological polar surface area (TPSA) is 141 Å². The molecule has 40 heavy (non-hydrogen) atoms. The van der Waals surface area contributed by atoms with Crippen molar-refractivity contribution in [3.63, 3.8) is 0 Å². The number of fused-ring (bicyclic) bond motifs is 1. The smallest absolute Gasteiger partial charge is 0.475 e. The standard InChI is InChI=1S/C23H26N6O4.C2HF3O2/c1-4-5-13-28-18-19(25-22(28)27-14-11-24-12-15-27)29(23(32)26(2)20(18)30)17(21(31)33-3)16-9-7-6-8-10-16;3-2(4,5)1(6)7/h6-10,17,24H,11-15H2,1-3H3;(H,6,7). The van der Waals surface area contributed by atoms with Crippen LogP contribution in [0.2, 0.25) is 0 Å². The van der Waals surface area contributed by atoms with E-state index in [1.165, 1.54) is 18.7 Å². The van der Waals surface area contributed by atoms with E-state index in [0.29, 0.717) is 24.6 Å². The first-order valence-electron chi connectivity index (χ1n) is 11.9. The molecule has 0 spiro atoms. The Kier molecular flexibility index (Phi) is 9.38. The van der Waals surface area contributed by atoms with E-state index < -0.39 is 35.4 Å². The lowest BCUT2D eigenvalue weighted by molar-refractivity contribution is -0.192. The minimum atomic E-state index is -5.08. The summed E-state index contributed by atoms with van der Waals surface area (Å²) in [5, 5.41) is 10.4. The predicted octanol–water partition coefficient (Wildman–Crippen LogP) is 0.725. The number of methoxy groups -OCH3 is 1. The first kappa shape index (κ1) is 30.0. The third-order valence-corrected chi connectivity index (χ3v) is 6.01. The summed E-state index contributed by atoms with van der Waals surface area (Å²) >= 11 is 0. The van der Waals surface area contributed by atoms with Gasteiger partial charge in [-0.1, -0.05) is 36.3 Å². The predicted molar refractivity (Wildman–Crippen MR) is 138 cm³/mol. The van der Waals surface area contributed by atoms with Gasteiger partial charge in [-0.3, -0.25) is 18.5 Å². The molecule has 0 aliphatic carbocycles. The van der Waals surface area contributed by atoms with E-state index in [1.54, 1.807) is 35.8 Å². The second-order valence-electron chi connectivity index (χ2n) is 8.49. The molecular weight excluding hydrogens is 537 g/mol. The van der Waals surface area contributed by atoms with E-state index in [1.807, 2.05) is 6.07 Å². The van der Waals surface area contributed by atoms with Crippen LogP contribution in [0.1, 0.15) is 18.5 Å². The van der Waals surface area contributed by atoms with Crippen molar-refractivity contribution in [2.75, 3.05) is 38.2 Å². The molecule has 0 radical (unpaired) electrons. The molecule has 1 aliphatic rings. The first-order chi connectivity index (χ1) is 18.9. The Bertz CT molecular complexity index is 1560. The Morgan fingerprint density at radius 2 is 1.77 bits per heavy atom. The summed E-state index contributed by atoms with van der Waals surface area (Å²) < 4.78 is 40.8. The van der Waals surface area contributed by atoms with Crippen LogP contribution in [-0.2, 0) is 27.9 Å². The van der Waals surface area contributed by atoms with Gasteiger partial charge < -0.3 is 20.1 Å². The number of nitrogens with zero attached hydrogens (tertiary/aromatic N) is 5. The fraction of sp³-hybridized carbons (Fsp3) is 0.400. The highest BCUT2D eigenvalue weighted by Crippen LogP contribution is 2.25. The minimum Gasteiger partial charge on any atom is -0.475 e. The highest BCUT2D eigenvalue weighted by atomic mass is 19.4. The fourth-order valence-corrected chi connectivity index (χ4v) is 4.09. The van der Waals surface area contributed by atoms with Gasteiger partial charge in [-0.05, 0) is 12.5 Å². The van der Waals surface area contributed by atoms with E-state index >= 15 is 0 Å². The number of alkyl halides is 3. The van der Waals surface area contributed by atoms with Gasteiger partial charge in [0.05, 0.1) is 13.7 Å². The average Bonchev–Trinajstić information content (AvgIpc) is 3.32. The van der Waals surface area contributed by atoms with Gasteiger partial charge in [0.2, 0.25) is 5.95 Å². The maximum Gasteiger partial charge on any atom is 0.490 e. The van der Waals surface area contributed by atoms with Crippen LogP contribution >= 0.6 is 0 Å². The maximum atomic E-state index is 13.4. The zero-order chi connectivity index (χ0) is 29.6. The van der Waals surface area contributed by atoms with Crippen molar-refractivity contribution in [1.29, 1.82) is 0 Å². The molecule has 15 heteroatoms. The number of hydrogen-bond donors (Lipinski definition) is 2. The molecule has 1 aliphatic heterocycles. The van der Waals surface area contributed by atoms with Crippen LogP contribution in [-0.4, -0.2) is 75.2 Å². The summed E-state index contributed by atoms with van der Waals surface area (Å²) in [6, 6.07) is 7.74. The molecule has 2 N–H and O–H groups in total. The van der Waals surface area contributed by atoms with Crippen LogP contribution in [0.4, 0.5) is 19.1 Å². The van der Waals surface area contributed by atoms with Crippen LogP contribution in [0.25, 0.3) is 11.2 Å². The summed E-state index contributed by atoms with van der Waals surface area (Å²) in [7, 11) is 2.66. The number of anilines is 1. The summed E-state index contributed by atoms with van der Waals surface area (Å²) in [5.74, 6) is 3.01. The van der Waals surface area contributed by atoms with Crippen LogP contribution in [0, 0.1) is 11.8 Å². The normalized spacial score (nSPS) is 14.0. The number of carboxylic acids is 1. The summed E-state index contributed by atoms with van der Waals surface area (Å²) in [6.45, 7) is 4.86. The number of carboxylic acid groups (broad SMARTS) is 1. The molecule has 3 heterocycles. The number of piperazine rings is 1. The molecule has 0 amide bonds. The Labute approximate surface area is 225 Å². The van der Waals surface area contributed by atoms with Crippen molar-refractivity contribution < 1.29 is 32.6 Å². The first-order valence-corrected chi connectivity index (χ1v) is 11.9. The lowest BCUT2D eigenvalue weighted by Gasteiger charge is -2.28. The van der Waals surface area contributed by atoms with Gasteiger partial charge in [0.1, 0.15) is 0 Å². The molecule has 1 unspecified atom stereocenters. The van der Waals surface area contributed by atoms with Crippen LogP contribution in [0.3, 0.4) is 0 Å². The quantitative estimate of drug-likeness (QED) is 0.339. The second kappa shape index (κ2) is 12.5. The van der Waals surface area contributed by atoms with Gasteiger partial charge in [-0.25, -0.2) is 14.4 Å². The number of carbonyl (C=O) groups excluding carboxylic acids is 1. The number of carbonyl (C=O) groups is 2. The van der Waals surface area contributed by atoms with E-state index in [4.69, 9.17) is 19.6 Å². The third-order valence-electron chi connectivity index (χ3n) is 6.01.